The van der Waals surface area contributed by atoms with Gasteiger partial charge in [-0.25, -0.2) is 9.18 Å². The van der Waals surface area contributed by atoms with Gasteiger partial charge < -0.3 is 16.0 Å². The fraction of sp³-hybridized carbons (Fsp3) is 0.375. The van der Waals surface area contributed by atoms with E-state index in [-0.39, 0.29) is 32.6 Å². The van der Waals surface area contributed by atoms with Crippen LogP contribution in [0.2, 0.25) is 0 Å². The zero-order valence-corrected chi connectivity index (χ0v) is 13.3. The molecule has 1 aromatic carbocycles. The molecule has 0 saturated carbocycles. The summed E-state index contributed by atoms with van der Waals surface area (Å²) < 4.78 is 13.8. The van der Waals surface area contributed by atoms with Crippen LogP contribution < -0.4 is 11.1 Å². The number of rotatable bonds is 5. The van der Waals surface area contributed by atoms with E-state index in [1.54, 1.807) is 18.2 Å². The van der Waals surface area contributed by atoms with Crippen molar-refractivity contribution in [1.29, 1.82) is 0 Å². The van der Waals surface area contributed by atoms with E-state index in [0.717, 1.165) is 4.90 Å². The third-order valence-corrected chi connectivity index (χ3v) is 4.58. The Morgan fingerprint density at radius 1 is 1.24 bits per heavy atom. The summed E-state index contributed by atoms with van der Waals surface area (Å²) in [7, 11) is 0. The van der Waals surface area contributed by atoms with Crippen molar-refractivity contribution in [3.05, 3.63) is 35.6 Å². The molecule has 0 radical (unpaired) electrons. The first-order valence-electron chi connectivity index (χ1n) is 7.72. The van der Waals surface area contributed by atoms with Gasteiger partial charge in [0.05, 0.1) is 12.0 Å². The number of hydrogen-bond donors (Lipinski definition) is 2. The minimum Gasteiger partial charge on any atom is -0.369 e. The van der Waals surface area contributed by atoms with Crippen LogP contribution in [-0.2, 0) is 20.8 Å². The van der Waals surface area contributed by atoms with Crippen molar-refractivity contribution in [3.63, 3.8) is 0 Å². The van der Waals surface area contributed by atoms with E-state index in [1.807, 2.05) is 0 Å². The van der Waals surface area contributed by atoms with Gasteiger partial charge in [-0.2, -0.15) is 0 Å². The van der Waals surface area contributed by atoms with Gasteiger partial charge in [-0.05, 0) is 18.1 Å². The highest BCUT2D eigenvalue weighted by atomic mass is 19.1. The maximum absolute atomic E-state index is 13.8. The molecule has 132 valence electrons. The second-order valence-corrected chi connectivity index (χ2v) is 6.30. The van der Waals surface area contributed by atoms with Gasteiger partial charge in [-0.1, -0.05) is 18.2 Å². The van der Waals surface area contributed by atoms with Crippen molar-refractivity contribution in [3.8, 4) is 0 Å². The highest BCUT2D eigenvalue weighted by Crippen LogP contribution is 2.34. The number of nitrogens with one attached hydrogen (secondary N) is 1. The van der Waals surface area contributed by atoms with Gasteiger partial charge in [0.25, 0.3) is 5.91 Å². The molecular formula is C16H17FN4O4. The molecule has 3 N–H and O–H groups in total. The SMILES string of the molecule is NC(=O)C1(Cc2ccccc2F)CN(C(=O)CN2C(=O)CNC2=O)C1. The molecule has 25 heavy (non-hydrogen) atoms. The second-order valence-electron chi connectivity index (χ2n) is 6.30. The normalized spacial score (nSPS) is 18.8. The van der Waals surface area contributed by atoms with Crippen molar-refractivity contribution in [2.24, 2.45) is 11.1 Å². The molecule has 3 rings (SSSR count). The number of hydrogen-bond acceptors (Lipinski definition) is 4. The number of nitrogens with zero attached hydrogens (tertiary/aromatic N) is 2. The molecule has 0 aliphatic carbocycles. The number of nitrogens with two attached hydrogens (primary N) is 1. The van der Waals surface area contributed by atoms with Crippen LogP contribution in [-0.4, -0.2) is 59.7 Å². The molecular weight excluding hydrogens is 331 g/mol. The number of benzene rings is 1. The average molecular weight is 348 g/mol. The quantitative estimate of drug-likeness (QED) is 0.681. The Morgan fingerprint density at radius 3 is 2.48 bits per heavy atom. The van der Waals surface area contributed by atoms with Gasteiger partial charge in [0.1, 0.15) is 12.4 Å². The minimum absolute atomic E-state index is 0.0269. The third kappa shape index (κ3) is 3.04. The van der Waals surface area contributed by atoms with Crippen molar-refractivity contribution in [1.82, 2.24) is 15.1 Å². The Hall–Kier alpha value is -2.97. The molecule has 0 unspecified atom stereocenters. The third-order valence-electron chi connectivity index (χ3n) is 4.58. The summed E-state index contributed by atoms with van der Waals surface area (Å²) in [6.07, 6.45) is 0.0852. The van der Waals surface area contributed by atoms with Crippen LogP contribution in [0.4, 0.5) is 9.18 Å². The molecule has 8 nitrogen and oxygen atoms in total. The molecule has 2 saturated heterocycles. The number of amides is 5. The van der Waals surface area contributed by atoms with E-state index in [1.165, 1.54) is 11.0 Å². The van der Waals surface area contributed by atoms with Crippen molar-refractivity contribution < 1.29 is 23.6 Å². The van der Waals surface area contributed by atoms with Gasteiger partial charge in [0.2, 0.25) is 11.8 Å². The Kier molecular flexibility index (Phi) is 4.15. The zero-order chi connectivity index (χ0) is 18.2. The van der Waals surface area contributed by atoms with Gasteiger partial charge in [-0.3, -0.25) is 19.3 Å². The molecule has 0 spiro atoms. The zero-order valence-electron chi connectivity index (χ0n) is 13.3. The summed E-state index contributed by atoms with van der Waals surface area (Å²) in [4.78, 5) is 49.2. The highest BCUT2D eigenvalue weighted by molar-refractivity contribution is 6.04. The molecule has 2 fully saturated rings. The summed E-state index contributed by atoms with van der Waals surface area (Å²) in [6, 6.07) is 5.45. The van der Waals surface area contributed by atoms with E-state index in [4.69, 9.17) is 5.73 Å². The fourth-order valence-electron chi connectivity index (χ4n) is 3.07. The summed E-state index contributed by atoms with van der Waals surface area (Å²) in [6.45, 7) is -0.470. The Bertz CT molecular complexity index is 744. The average Bonchev–Trinajstić information content (AvgIpc) is 2.83. The van der Waals surface area contributed by atoms with Gasteiger partial charge in [-0.15, -0.1) is 0 Å². The van der Waals surface area contributed by atoms with Crippen LogP contribution in [0.15, 0.2) is 24.3 Å². The smallest absolute Gasteiger partial charge is 0.325 e. The van der Waals surface area contributed by atoms with Crippen LogP contribution in [0.3, 0.4) is 0 Å². The van der Waals surface area contributed by atoms with Gasteiger partial charge in [0.15, 0.2) is 0 Å². The Balaban J connectivity index is 1.65. The lowest BCUT2D eigenvalue weighted by atomic mass is 9.74. The summed E-state index contributed by atoms with van der Waals surface area (Å²) in [5, 5.41) is 2.32. The van der Waals surface area contributed by atoms with E-state index >= 15 is 0 Å². The van der Waals surface area contributed by atoms with E-state index in [0.29, 0.717) is 5.56 Å². The van der Waals surface area contributed by atoms with Crippen LogP contribution in [0.5, 0.6) is 0 Å². The maximum Gasteiger partial charge on any atom is 0.325 e. The standard InChI is InChI=1S/C16H17FN4O4/c17-11-4-2-1-3-10(11)5-16(14(18)24)8-20(9-16)13(23)7-21-12(22)6-19-15(21)25/h1-4H,5-9H2,(H2,18,24)(H,19,25). The number of primary amides is 1. The lowest BCUT2D eigenvalue weighted by Gasteiger charge is -2.48. The number of carbonyl (C=O) groups is 4. The lowest BCUT2D eigenvalue weighted by Crippen LogP contribution is -2.66. The largest absolute Gasteiger partial charge is 0.369 e. The molecule has 1 aromatic rings. The van der Waals surface area contributed by atoms with Crippen LogP contribution in [0.1, 0.15) is 5.56 Å². The monoisotopic (exact) mass is 348 g/mol. The summed E-state index contributed by atoms with van der Waals surface area (Å²) in [5.74, 6) is -2.00. The molecule has 0 bridgehead atoms. The van der Waals surface area contributed by atoms with Crippen LogP contribution >= 0.6 is 0 Å². The van der Waals surface area contributed by atoms with Crippen LogP contribution in [0, 0.1) is 11.2 Å². The Labute approximate surface area is 142 Å². The van der Waals surface area contributed by atoms with E-state index in [2.05, 4.69) is 5.32 Å². The first-order valence-corrected chi connectivity index (χ1v) is 7.72. The second kappa shape index (κ2) is 6.15. The molecule has 0 atom stereocenters. The van der Waals surface area contributed by atoms with Crippen LogP contribution in [0.25, 0.3) is 0 Å². The van der Waals surface area contributed by atoms with Gasteiger partial charge in [0, 0.05) is 13.1 Å². The Morgan fingerprint density at radius 2 is 1.92 bits per heavy atom. The predicted molar refractivity (Wildman–Crippen MR) is 83.4 cm³/mol. The molecule has 2 aliphatic heterocycles. The number of halogens is 1. The topological polar surface area (TPSA) is 113 Å². The number of carbonyl (C=O) groups excluding carboxylic acids is 4. The predicted octanol–water partition coefficient (Wildman–Crippen LogP) is -0.766. The first kappa shape index (κ1) is 16.9. The maximum atomic E-state index is 13.8. The summed E-state index contributed by atoms with van der Waals surface area (Å²) >= 11 is 0. The molecule has 2 aliphatic rings. The van der Waals surface area contributed by atoms with Gasteiger partial charge >= 0.3 is 6.03 Å². The number of urea groups is 1. The highest BCUT2D eigenvalue weighted by Gasteiger charge is 2.50. The number of imide groups is 1. The van der Waals surface area contributed by atoms with Crippen molar-refractivity contribution in [2.75, 3.05) is 26.2 Å². The summed E-state index contributed by atoms with van der Waals surface area (Å²) in [5.41, 5.74) is 4.78. The fourth-order valence-corrected chi connectivity index (χ4v) is 3.07. The molecule has 2 heterocycles. The lowest BCUT2D eigenvalue weighted by molar-refractivity contribution is -0.153. The molecule has 0 aromatic heterocycles. The van der Waals surface area contributed by atoms with Crippen molar-refractivity contribution in [2.45, 2.75) is 6.42 Å². The number of likely N-dealkylation sites (tertiary alicyclic amines) is 1. The van der Waals surface area contributed by atoms with E-state index in [9.17, 15) is 23.6 Å². The van der Waals surface area contributed by atoms with E-state index < -0.39 is 35.0 Å². The first-order chi connectivity index (χ1) is 11.8. The molecule has 9 heteroatoms. The molecule has 5 amide bonds. The van der Waals surface area contributed by atoms with Crippen molar-refractivity contribution >= 4 is 23.8 Å². The minimum atomic E-state index is -1.05.